The van der Waals surface area contributed by atoms with Gasteiger partial charge in [0.25, 0.3) is 15.9 Å². The summed E-state index contributed by atoms with van der Waals surface area (Å²) in [4.78, 5) is 29.5. The summed E-state index contributed by atoms with van der Waals surface area (Å²) in [5, 5.41) is 2.91. The van der Waals surface area contributed by atoms with Crippen molar-refractivity contribution in [2.24, 2.45) is 10.9 Å². The standard InChI is InChI=1S/C20H27N3O5S/c1-12(2)17(20(25)28-13(3)19(24)21-14-8-4-5-9-14)22-18-15-10-6-7-11-16(15)29(26,27)23-18/h6-7,10-14,17H,4-5,8-9H2,1-3H3,(H,21,24)(H,22,23)/t13-,17+/m1/s1. The van der Waals surface area contributed by atoms with Gasteiger partial charge in [-0.3, -0.25) is 14.5 Å². The number of nitrogens with zero attached hydrogens (tertiary/aromatic N) is 1. The molecule has 1 aromatic rings. The highest BCUT2D eigenvalue weighted by Gasteiger charge is 2.34. The van der Waals surface area contributed by atoms with E-state index in [0.717, 1.165) is 25.7 Å². The number of ether oxygens (including phenoxy) is 1. The van der Waals surface area contributed by atoms with Crippen LogP contribution >= 0.6 is 0 Å². The molecule has 2 N–H and O–H groups in total. The first-order valence-electron chi connectivity index (χ1n) is 9.90. The number of hydrogen-bond acceptors (Lipinski definition) is 6. The molecule has 1 aliphatic heterocycles. The molecule has 1 aliphatic carbocycles. The first-order chi connectivity index (χ1) is 13.7. The molecule has 9 heteroatoms. The lowest BCUT2D eigenvalue weighted by atomic mass is 10.0. The summed E-state index contributed by atoms with van der Waals surface area (Å²) >= 11 is 0. The zero-order valence-corrected chi connectivity index (χ0v) is 17.7. The number of carbonyl (C=O) groups is 2. The van der Waals surface area contributed by atoms with Gasteiger partial charge in [-0.15, -0.1) is 0 Å². The van der Waals surface area contributed by atoms with Gasteiger partial charge in [-0.1, -0.05) is 38.8 Å². The number of nitrogens with one attached hydrogen (secondary N) is 2. The van der Waals surface area contributed by atoms with Gasteiger partial charge in [0.1, 0.15) is 5.84 Å². The number of hydrogen-bond donors (Lipinski definition) is 2. The molecule has 0 aromatic heterocycles. The molecule has 0 spiro atoms. The first-order valence-corrected chi connectivity index (χ1v) is 11.4. The van der Waals surface area contributed by atoms with Crippen molar-refractivity contribution in [3.05, 3.63) is 29.8 Å². The molecule has 0 bridgehead atoms. The van der Waals surface area contributed by atoms with Gasteiger partial charge in [0, 0.05) is 11.6 Å². The van der Waals surface area contributed by atoms with Crippen molar-refractivity contribution >= 4 is 27.7 Å². The molecule has 2 aliphatic rings. The van der Waals surface area contributed by atoms with E-state index in [1.165, 1.54) is 13.0 Å². The topological polar surface area (TPSA) is 114 Å². The van der Waals surface area contributed by atoms with Crippen LogP contribution in [0.2, 0.25) is 0 Å². The lowest BCUT2D eigenvalue weighted by molar-refractivity contribution is -0.157. The monoisotopic (exact) mass is 421 g/mol. The predicted molar refractivity (Wildman–Crippen MR) is 108 cm³/mol. The minimum Gasteiger partial charge on any atom is -0.451 e. The summed E-state index contributed by atoms with van der Waals surface area (Å²) in [6.07, 6.45) is 3.10. The van der Waals surface area contributed by atoms with Crippen molar-refractivity contribution in [2.45, 2.75) is 69.5 Å². The van der Waals surface area contributed by atoms with E-state index in [0.29, 0.717) is 5.56 Å². The highest BCUT2D eigenvalue weighted by molar-refractivity contribution is 7.90. The Hall–Kier alpha value is -2.42. The second-order valence-corrected chi connectivity index (χ2v) is 9.49. The normalized spacial score (nSPS) is 21.4. The molecule has 1 heterocycles. The van der Waals surface area contributed by atoms with Gasteiger partial charge < -0.3 is 10.1 Å². The highest BCUT2D eigenvalue weighted by atomic mass is 32.2. The van der Waals surface area contributed by atoms with Crippen LogP contribution in [0, 0.1) is 5.92 Å². The minimum atomic E-state index is -3.70. The summed E-state index contributed by atoms with van der Waals surface area (Å²) in [5.41, 5.74) is 0.415. The molecule has 1 aromatic carbocycles. The Bertz CT molecular complexity index is 920. The molecule has 158 valence electrons. The zero-order valence-electron chi connectivity index (χ0n) is 16.8. The smallest absolute Gasteiger partial charge is 0.331 e. The number of aliphatic imine (C=N–C) groups is 1. The van der Waals surface area contributed by atoms with Crippen molar-refractivity contribution in [1.82, 2.24) is 10.0 Å². The SMILES string of the molecule is CC(C)[C@H](N=C1NS(=O)(=O)c2ccccc21)C(=O)O[C@H](C)C(=O)NC1CCCC1. The number of amides is 1. The summed E-state index contributed by atoms with van der Waals surface area (Å²) in [5.74, 6) is -1.13. The van der Waals surface area contributed by atoms with Gasteiger partial charge in [-0.25, -0.2) is 13.2 Å². The van der Waals surface area contributed by atoms with E-state index in [4.69, 9.17) is 4.74 Å². The minimum absolute atomic E-state index is 0.110. The van der Waals surface area contributed by atoms with E-state index in [1.54, 1.807) is 32.0 Å². The fourth-order valence-electron chi connectivity index (χ4n) is 3.53. The van der Waals surface area contributed by atoms with Crippen molar-refractivity contribution < 1.29 is 22.7 Å². The second-order valence-electron chi connectivity index (χ2n) is 7.84. The Morgan fingerprint density at radius 3 is 2.48 bits per heavy atom. The maximum Gasteiger partial charge on any atom is 0.331 e. The van der Waals surface area contributed by atoms with Gasteiger partial charge >= 0.3 is 5.97 Å². The third-order valence-electron chi connectivity index (χ3n) is 5.17. The van der Waals surface area contributed by atoms with Crippen LogP contribution in [-0.4, -0.2) is 44.3 Å². The molecule has 3 rings (SSSR count). The van der Waals surface area contributed by atoms with Crippen LogP contribution in [0.3, 0.4) is 0 Å². The zero-order chi connectivity index (χ0) is 21.2. The number of benzene rings is 1. The number of esters is 1. The molecule has 29 heavy (non-hydrogen) atoms. The largest absolute Gasteiger partial charge is 0.451 e. The van der Waals surface area contributed by atoms with Gasteiger partial charge in [-0.05, 0) is 37.8 Å². The maximum atomic E-state index is 12.7. The molecule has 2 atom stereocenters. The van der Waals surface area contributed by atoms with Crippen LogP contribution in [0.5, 0.6) is 0 Å². The third-order valence-corrected chi connectivity index (χ3v) is 6.56. The Labute approximate surface area is 171 Å². The molecule has 1 fully saturated rings. The molecule has 1 amide bonds. The Kier molecular flexibility index (Phi) is 6.26. The summed E-state index contributed by atoms with van der Waals surface area (Å²) in [6, 6.07) is 5.63. The Morgan fingerprint density at radius 1 is 1.17 bits per heavy atom. The number of fused-ring (bicyclic) bond motifs is 1. The highest BCUT2D eigenvalue weighted by Crippen LogP contribution is 2.24. The molecule has 0 radical (unpaired) electrons. The van der Waals surface area contributed by atoms with E-state index < -0.39 is 28.1 Å². The van der Waals surface area contributed by atoms with E-state index >= 15 is 0 Å². The van der Waals surface area contributed by atoms with E-state index in [2.05, 4.69) is 15.0 Å². The van der Waals surface area contributed by atoms with E-state index in [1.807, 2.05) is 0 Å². The quantitative estimate of drug-likeness (QED) is 0.679. The van der Waals surface area contributed by atoms with Crippen LogP contribution in [0.15, 0.2) is 34.2 Å². The van der Waals surface area contributed by atoms with E-state index in [9.17, 15) is 18.0 Å². The van der Waals surface area contributed by atoms with Crippen LogP contribution in [-0.2, 0) is 24.3 Å². The lowest BCUT2D eigenvalue weighted by Gasteiger charge is -2.21. The lowest BCUT2D eigenvalue weighted by Crippen LogP contribution is -2.42. The molecule has 0 saturated heterocycles. The van der Waals surface area contributed by atoms with Crippen molar-refractivity contribution in [3.63, 3.8) is 0 Å². The third kappa shape index (κ3) is 4.77. The number of rotatable bonds is 6. The fraction of sp³-hybridized carbons (Fsp3) is 0.550. The molecule has 0 unspecified atom stereocenters. The molecule has 1 saturated carbocycles. The molecule has 8 nitrogen and oxygen atoms in total. The van der Waals surface area contributed by atoms with Crippen LogP contribution in [0.1, 0.15) is 52.0 Å². The maximum absolute atomic E-state index is 12.7. The average molecular weight is 422 g/mol. The summed E-state index contributed by atoms with van der Waals surface area (Å²) < 4.78 is 32.3. The van der Waals surface area contributed by atoms with Crippen LogP contribution in [0.4, 0.5) is 0 Å². The fourth-order valence-corrected chi connectivity index (χ4v) is 4.77. The Balaban J connectivity index is 1.74. The summed E-state index contributed by atoms with van der Waals surface area (Å²) in [6.45, 7) is 5.10. The number of sulfonamides is 1. The first kappa shape index (κ1) is 21.3. The predicted octanol–water partition coefficient (Wildman–Crippen LogP) is 1.74. The summed E-state index contributed by atoms with van der Waals surface area (Å²) in [7, 11) is -3.70. The molecular weight excluding hydrogens is 394 g/mol. The van der Waals surface area contributed by atoms with Crippen molar-refractivity contribution in [1.29, 1.82) is 0 Å². The number of amidine groups is 1. The van der Waals surface area contributed by atoms with Crippen molar-refractivity contribution in [3.8, 4) is 0 Å². The number of carbonyl (C=O) groups excluding carboxylic acids is 2. The van der Waals surface area contributed by atoms with Crippen LogP contribution in [0.25, 0.3) is 0 Å². The second kappa shape index (κ2) is 8.52. The Morgan fingerprint density at radius 2 is 1.83 bits per heavy atom. The van der Waals surface area contributed by atoms with Gasteiger partial charge in [0.05, 0.1) is 4.90 Å². The van der Waals surface area contributed by atoms with Gasteiger partial charge in [0.15, 0.2) is 12.1 Å². The van der Waals surface area contributed by atoms with Gasteiger partial charge in [0.2, 0.25) is 0 Å². The molecular formula is C20H27N3O5S. The van der Waals surface area contributed by atoms with E-state index in [-0.39, 0.29) is 28.6 Å². The van der Waals surface area contributed by atoms with Crippen LogP contribution < -0.4 is 10.0 Å². The van der Waals surface area contributed by atoms with Crippen molar-refractivity contribution in [2.75, 3.05) is 0 Å². The van der Waals surface area contributed by atoms with Gasteiger partial charge in [-0.2, -0.15) is 0 Å². The average Bonchev–Trinajstić information content (AvgIpc) is 3.25.